The molecule has 1 rings (SSSR count). The highest BCUT2D eigenvalue weighted by Gasteiger charge is 2.14. The Morgan fingerprint density at radius 2 is 2.16 bits per heavy atom. The van der Waals surface area contributed by atoms with Gasteiger partial charge in [0.15, 0.2) is 0 Å². The van der Waals surface area contributed by atoms with E-state index in [0.717, 1.165) is 0 Å². The van der Waals surface area contributed by atoms with Crippen LogP contribution in [0.15, 0.2) is 22.7 Å². The molecule has 140 valence electrons. The fourth-order valence-corrected chi connectivity index (χ4v) is 1.86. The van der Waals surface area contributed by atoms with Crippen LogP contribution in [0.3, 0.4) is 0 Å². The number of hydroxylamine groups is 1. The molecule has 1 aromatic rings. The van der Waals surface area contributed by atoms with Gasteiger partial charge < -0.3 is 30.7 Å². The second kappa shape index (κ2) is 11.9. The third-order valence-electron chi connectivity index (χ3n) is 3.28. The molecule has 0 unspecified atom stereocenters. The topological polar surface area (TPSA) is 159 Å². The van der Waals surface area contributed by atoms with Crippen molar-refractivity contribution in [1.29, 1.82) is 0 Å². The zero-order valence-electron chi connectivity index (χ0n) is 14.0. The van der Waals surface area contributed by atoms with E-state index in [0.29, 0.717) is 50.5 Å². The van der Waals surface area contributed by atoms with Crippen LogP contribution >= 0.6 is 0 Å². The van der Waals surface area contributed by atoms with Gasteiger partial charge in [0.1, 0.15) is 12.4 Å². The van der Waals surface area contributed by atoms with E-state index in [2.05, 4.69) is 26.1 Å². The second-order valence-corrected chi connectivity index (χ2v) is 4.96. The number of aromatic nitrogens is 2. The van der Waals surface area contributed by atoms with Crippen molar-refractivity contribution in [2.45, 2.75) is 26.3 Å². The van der Waals surface area contributed by atoms with Gasteiger partial charge in [0, 0.05) is 19.5 Å². The maximum atomic E-state index is 10.8. The summed E-state index contributed by atoms with van der Waals surface area (Å²) in [6, 6.07) is 0. The molecular formula is C13H23N7O5. The Kier molecular flexibility index (Phi) is 9.74. The summed E-state index contributed by atoms with van der Waals surface area (Å²) in [7, 11) is 0. The molecule has 0 saturated heterocycles. The molecular weight excluding hydrogens is 334 g/mol. The first kappa shape index (κ1) is 20.5. The van der Waals surface area contributed by atoms with Crippen molar-refractivity contribution in [2.75, 3.05) is 26.2 Å². The molecule has 0 saturated carbocycles. The maximum Gasteiger partial charge on any atom is 0.434 e. The quantitative estimate of drug-likeness (QED) is 0.129. The first-order chi connectivity index (χ1) is 12.1. The summed E-state index contributed by atoms with van der Waals surface area (Å²) in [5, 5.41) is 37.7. The van der Waals surface area contributed by atoms with E-state index in [1.165, 1.54) is 17.0 Å². The summed E-state index contributed by atoms with van der Waals surface area (Å²) >= 11 is 0. The van der Waals surface area contributed by atoms with Crippen LogP contribution in [-0.4, -0.2) is 62.6 Å². The molecule has 0 spiro atoms. The standard InChI is InChI=1S/C13H23N7O5/c1-2-11(17-21)10-16-25-8-5-14-9-12(18-22)3-6-19-7-4-15-13(19)20(23)24/h4,7,14,16,21-22H,2-3,5-6,8-10H2,1H3. The fourth-order valence-electron chi connectivity index (χ4n) is 1.86. The molecule has 12 heteroatoms. The summed E-state index contributed by atoms with van der Waals surface area (Å²) in [5.74, 6) is -0.248. The lowest BCUT2D eigenvalue weighted by Crippen LogP contribution is -2.30. The number of nitrogens with one attached hydrogen (secondary N) is 2. The summed E-state index contributed by atoms with van der Waals surface area (Å²) < 4.78 is 1.38. The molecule has 0 fully saturated rings. The van der Waals surface area contributed by atoms with Gasteiger partial charge in [0.05, 0.1) is 31.1 Å². The van der Waals surface area contributed by atoms with Crippen LogP contribution in [0.25, 0.3) is 0 Å². The van der Waals surface area contributed by atoms with Crippen molar-refractivity contribution in [3.8, 4) is 0 Å². The van der Waals surface area contributed by atoms with Crippen LogP contribution in [0.4, 0.5) is 5.95 Å². The van der Waals surface area contributed by atoms with Crippen LogP contribution in [0, 0.1) is 10.1 Å². The highest BCUT2D eigenvalue weighted by Crippen LogP contribution is 2.08. The SMILES string of the molecule is CCC(CNOCCNCC(CCn1ccnc1[N+](=O)[O-])=NO)=NO. The first-order valence-electron chi connectivity index (χ1n) is 7.72. The van der Waals surface area contributed by atoms with E-state index < -0.39 is 4.92 Å². The Labute approximate surface area is 144 Å². The number of nitro groups is 1. The second-order valence-electron chi connectivity index (χ2n) is 4.96. The molecule has 0 aliphatic rings. The number of oxime groups is 2. The minimum Gasteiger partial charge on any atom is -0.411 e. The van der Waals surface area contributed by atoms with Crippen molar-refractivity contribution in [3.63, 3.8) is 0 Å². The Morgan fingerprint density at radius 1 is 1.40 bits per heavy atom. The average molecular weight is 357 g/mol. The molecule has 0 amide bonds. The smallest absolute Gasteiger partial charge is 0.411 e. The number of aryl methyl sites for hydroxylation is 1. The van der Waals surface area contributed by atoms with E-state index in [1.54, 1.807) is 0 Å². The minimum atomic E-state index is -0.566. The molecule has 4 N–H and O–H groups in total. The fraction of sp³-hybridized carbons (Fsp3) is 0.615. The first-order valence-corrected chi connectivity index (χ1v) is 7.72. The van der Waals surface area contributed by atoms with Gasteiger partial charge in [-0.15, -0.1) is 0 Å². The zero-order valence-corrected chi connectivity index (χ0v) is 14.0. The van der Waals surface area contributed by atoms with E-state index in [9.17, 15) is 10.1 Å². The van der Waals surface area contributed by atoms with Gasteiger partial charge in [0.2, 0.25) is 0 Å². The van der Waals surface area contributed by atoms with Crippen molar-refractivity contribution < 1.29 is 20.2 Å². The van der Waals surface area contributed by atoms with Gasteiger partial charge in [-0.3, -0.25) is 0 Å². The number of rotatable bonds is 13. The van der Waals surface area contributed by atoms with Crippen LogP contribution in [-0.2, 0) is 11.4 Å². The van der Waals surface area contributed by atoms with Crippen LogP contribution < -0.4 is 10.8 Å². The molecule has 0 atom stereocenters. The van der Waals surface area contributed by atoms with Gasteiger partial charge in [-0.05, 0) is 11.3 Å². The highest BCUT2D eigenvalue weighted by atomic mass is 16.6. The summed E-state index contributed by atoms with van der Waals surface area (Å²) in [6.07, 6.45) is 3.81. The minimum absolute atomic E-state index is 0.248. The Hall–Kier alpha value is -2.57. The molecule has 0 bridgehead atoms. The molecule has 25 heavy (non-hydrogen) atoms. The number of hydrogen-bond acceptors (Lipinski definition) is 10. The third-order valence-corrected chi connectivity index (χ3v) is 3.28. The maximum absolute atomic E-state index is 10.8. The van der Waals surface area contributed by atoms with Crippen molar-refractivity contribution in [3.05, 3.63) is 22.5 Å². The Bertz CT molecular complexity index is 587. The number of imidazole rings is 1. The van der Waals surface area contributed by atoms with E-state index in [4.69, 9.17) is 15.3 Å². The van der Waals surface area contributed by atoms with Gasteiger partial charge in [-0.2, -0.15) is 5.48 Å². The van der Waals surface area contributed by atoms with Gasteiger partial charge >= 0.3 is 5.95 Å². The molecule has 12 nitrogen and oxygen atoms in total. The normalized spacial score (nSPS) is 12.5. The number of nitrogens with zero attached hydrogens (tertiary/aromatic N) is 5. The van der Waals surface area contributed by atoms with Crippen molar-refractivity contribution in [2.24, 2.45) is 10.3 Å². The third kappa shape index (κ3) is 7.69. The number of hydrogen-bond donors (Lipinski definition) is 4. The van der Waals surface area contributed by atoms with Gasteiger partial charge in [-0.25, -0.2) is 4.57 Å². The lowest BCUT2D eigenvalue weighted by Gasteiger charge is -2.08. The van der Waals surface area contributed by atoms with Crippen LogP contribution in [0.5, 0.6) is 0 Å². The van der Waals surface area contributed by atoms with E-state index >= 15 is 0 Å². The Morgan fingerprint density at radius 3 is 2.80 bits per heavy atom. The van der Waals surface area contributed by atoms with Crippen molar-refractivity contribution >= 4 is 17.4 Å². The van der Waals surface area contributed by atoms with Crippen LogP contribution in [0.1, 0.15) is 19.8 Å². The summed E-state index contributed by atoms with van der Waals surface area (Å²) in [4.78, 5) is 19.0. The highest BCUT2D eigenvalue weighted by molar-refractivity contribution is 5.86. The molecule has 1 aromatic heterocycles. The summed E-state index contributed by atoms with van der Waals surface area (Å²) in [6.45, 7) is 3.66. The molecule has 0 aliphatic carbocycles. The lowest BCUT2D eigenvalue weighted by atomic mass is 10.2. The van der Waals surface area contributed by atoms with E-state index in [1.807, 2.05) is 6.92 Å². The largest absolute Gasteiger partial charge is 0.434 e. The average Bonchev–Trinajstić information content (AvgIpc) is 3.09. The van der Waals surface area contributed by atoms with Gasteiger partial charge in [-0.1, -0.05) is 22.2 Å². The van der Waals surface area contributed by atoms with Crippen LogP contribution in [0.2, 0.25) is 0 Å². The zero-order chi connectivity index (χ0) is 18.5. The Balaban J connectivity index is 2.18. The summed E-state index contributed by atoms with van der Waals surface area (Å²) in [5.41, 5.74) is 3.70. The molecule has 0 aromatic carbocycles. The molecule has 0 aliphatic heterocycles. The molecule has 1 heterocycles. The van der Waals surface area contributed by atoms with Crippen molar-refractivity contribution in [1.82, 2.24) is 20.3 Å². The predicted octanol–water partition coefficient (Wildman–Crippen LogP) is 0.363. The lowest BCUT2D eigenvalue weighted by molar-refractivity contribution is -0.396. The van der Waals surface area contributed by atoms with E-state index in [-0.39, 0.29) is 12.5 Å². The predicted molar refractivity (Wildman–Crippen MR) is 89.1 cm³/mol. The monoisotopic (exact) mass is 357 g/mol. The van der Waals surface area contributed by atoms with Gasteiger partial charge in [0.25, 0.3) is 0 Å². The molecule has 0 radical (unpaired) electrons.